The van der Waals surface area contributed by atoms with Crippen molar-refractivity contribution in [1.82, 2.24) is 0 Å². The van der Waals surface area contributed by atoms with E-state index in [1.807, 2.05) is 0 Å². The predicted octanol–water partition coefficient (Wildman–Crippen LogP) is 10.9. The highest BCUT2D eigenvalue weighted by atomic mass is 35.5. The van der Waals surface area contributed by atoms with Gasteiger partial charge in [-0.1, -0.05) is 109 Å². The molecule has 2 N–H and O–H groups in total. The fourth-order valence-corrected chi connectivity index (χ4v) is 10.7. The van der Waals surface area contributed by atoms with E-state index in [-0.39, 0.29) is 50.9 Å². The molecule has 1 atom stereocenters. The maximum Gasteiger partial charge on any atom is 0.338 e. The number of Topliss-reactive ketones (excluding diaryl/α,β-unsaturated/α-hetero) is 1. The zero-order chi connectivity index (χ0) is 41.7. The topological polar surface area (TPSA) is 145 Å². The van der Waals surface area contributed by atoms with Gasteiger partial charge in [-0.15, -0.1) is 0 Å². The summed E-state index contributed by atoms with van der Waals surface area (Å²) in [6.45, 7) is 5.25. The van der Waals surface area contributed by atoms with Crippen LogP contribution in [0.2, 0.25) is 5.02 Å². The Hall–Kier alpha value is -3.44. The Kier molecular flexibility index (Phi) is 17.1. The van der Waals surface area contributed by atoms with E-state index in [1.54, 1.807) is 0 Å². The van der Waals surface area contributed by atoms with Gasteiger partial charge in [-0.05, 0) is 106 Å². The van der Waals surface area contributed by atoms with Crippen molar-refractivity contribution in [2.45, 2.75) is 160 Å². The predicted molar refractivity (Wildman–Crippen MR) is 229 cm³/mol. The first-order valence-electron chi connectivity index (χ1n) is 22.0. The summed E-state index contributed by atoms with van der Waals surface area (Å²) in [5.74, 6) is -0.888. The average Bonchev–Trinajstić information content (AvgIpc) is 3.18. The first-order chi connectivity index (χ1) is 27.8. The first kappa shape index (κ1) is 45.6. The highest BCUT2D eigenvalue weighted by Crippen LogP contribution is 2.60. The molecule has 6 rings (SSSR count). The van der Waals surface area contributed by atoms with E-state index < -0.39 is 39.0 Å². The number of nitrogens with one attached hydrogen (secondary N) is 2. The van der Waals surface area contributed by atoms with Crippen LogP contribution < -0.4 is 15.4 Å². The number of anilines is 2. The summed E-state index contributed by atoms with van der Waals surface area (Å²) in [5.41, 5.74) is -0.186. The molecule has 4 saturated carbocycles. The molecule has 2 amide bonds. The second-order valence-electron chi connectivity index (χ2n) is 17.2. The molecule has 0 aromatic heterocycles. The van der Waals surface area contributed by atoms with Crippen molar-refractivity contribution in [3.8, 4) is 5.75 Å². The lowest BCUT2D eigenvalue weighted by molar-refractivity contribution is -0.140. The van der Waals surface area contributed by atoms with Crippen LogP contribution in [0, 0.1) is 23.2 Å². The van der Waals surface area contributed by atoms with E-state index in [4.69, 9.17) is 21.1 Å². The van der Waals surface area contributed by atoms with Crippen LogP contribution in [0.3, 0.4) is 0 Å². The van der Waals surface area contributed by atoms with Gasteiger partial charge in [-0.25, -0.2) is 13.2 Å². The highest BCUT2D eigenvalue weighted by Gasteiger charge is 2.54. The van der Waals surface area contributed by atoms with Gasteiger partial charge >= 0.3 is 5.97 Å². The average molecular weight is 842 g/mol. The van der Waals surface area contributed by atoms with Gasteiger partial charge in [0.2, 0.25) is 12.0 Å². The molecule has 0 saturated heterocycles. The summed E-state index contributed by atoms with van der Waals surface area (Å²) >= 11 is 6.42. The number of halogens is 1. The van der Waals surface area contributed by atoms with Crippen LogP contribution in [-0.4, -0.2) is 50.4 Å². The molecule has 320 valence electrons. The Morgan fingerprint density at radius 1 is 0.741 bits per heavy atom. The van der Waals surface area contributed by atoms with Gasteiger partial charge in [0.15, 0.2) is 15.6 Å². The van der Waals surface area contributed by atoms with E-state index in [2.05, 4.69) is 17.6 Å². The Morgan fingerprint density at radius 3 is 1.83 bits per heavy atom. The number of ketones is 1. The smallest absolute Gasteiger partial charge is 0.338 e. The van der Waals surface area contributed by atoms with Crippen LogP contribution in [0.5, 0.6) is 5.75 Å². The number of rotatable bonds is 25. The number of benzene rings is 2. The molecule has 0 aliphatic heterocycles. The monoisotopic (exact) mass is 840 g/mol. The number of carbonyl (C=O) groups is 4. The Morgan fingerprint density at radius 2 is 1.29 bits per heavy atom. The van der Waals surface area contributed by atoms with Gasteiger partial charge in [0, 0.05) is 0 Å². The lowest BCUT2D eigenvalue weighted by atomic mass is 9.49. The number of sulfone groups is 1. The molecule has 58 heavy (non-hydrogen) atoms. The molecule has 2 aromatic carbocycles. The third-order valence-corrected chi connectivity index (χ3v) is 14.6. The van der Waals surface area contributed by atoms with Gasteiger partial charge in [-0.2, -0.15) is 0 Å². The standard InChI is InChI=1S/C46H65ClN2O8S/c1-4-6-7-8-9-10-11-12-13-14-15-16-17-18-23-56-44(52)36-19-21-38(47)39(27-36)48-43(51)42(32(3)50)57-41-22-20-37(58(54,55)5-2)28-40(41)49-45(53)46-29-33-24-34(30-46)26-35(25-33)31-46/h19-22,27-28,33-35,42H,4-18,23-26,29-31H2,1-3H3,(H,48,51)(H,49,53). The number of esters is 1. The second-order valence-corrected chi connectivity index (χ2v) is 19.9. The van der Waals surface area contributed by atoms with Crippen LogP contribution >= 0.6 is 11.6 Å². The van der Waals surface area contributed by atoms with E-state index in [0.29, 0.717) is 17.8 Å². The molecule has 2 aromatic rings. The maximum absolute atomic E-state index is 14.1. The zero-order valence-electron chi connectivity index (χ0n) is 34.9. The molecule has 0 heterocycles. The Balaban J connectivity index is 1.14. The Labute approximate surface area is 351 Å². The van der Waals surface area contributed by atoms with E-state index in [1.165, 1.54) is 121 Å². The molecule has 1 unspecified atom stereocenters. The fourth-order valence-electron chi connectivity index (χ4n) is 9.65. The highest BCUT2D eigenvalue weighted by molar-refractivity contribution is 7.91. The number of hydrogen-bond acceptors (Lipinski definition) is 8. The summed E-state index contributed by atoms with van der Waals surface area (Å²) in [5, 5.41) is 5.72. The minimum atomic E-state index is -3.66. The van der Waals surface area contributed by atoms with Crippen LogP contribution in [0.25, 0.3) is 0 Å². The quantitative estimate of drug-likeness (QED) is 0.0571. The molecule has 4 bridgehead atoms. The van der Waals surface area contributed by atoms with Gasteiger partial charge in [0.05, 0.1) is 44.6 Å². The summed E-state index contributed by atoms with van der Waals surface area (Å²) in [4.78, 5) is 53.5. The number of amides is 2. The Bertz CT molecular complexity index is 1810. The van der Waals surface area contributed by atoms with Gasteiger partial charge in [0.25, 0.3) is 5.91 Å². The van der Waals surface area contributed by atoms with E-state index in [9.17, 15) is 27.6 Å². The van der Waals surface area contributed by atoms with Crippen molar-refractivity contribution in [1.29, 1.82) is 0 Å². The summed E-state index contributed by atoms with van der Waals surface area (Å²) in [6.07, 6.45) is 21.4. The molecular formula is C46H65ClN2O8S. The summed E-state index contributed by atoms with van der Waals surface area (Å²) in [7, 11) is -3.66. The van der Waals surface area contributed by atoms with Crippen molar-refractivity contribution in [2.75, 3.05) is 23.0 Å². The van der Waals surface area contributed by atoms with Crippen molar-refractivity contribution in [2.24, 2.45) is 23.2 Å². The molecular weight excluding hydrogens is 776 g/mol. The van der Waals surface area contributed by atoms with Crippen LogP contribution in [0.4, 0.5) is 11.4 Å². The van der Waals surface area contributed by atoms with Crippen LogP contribution in [-0.2, 0) is 29.0 Å². The minimum Gasteiger partial charge on any atom is -0.471 e. The van der Waals surface area contributed by atoms with Gasteiger partial charge < -0.3 is 20.1 Å². The minimum absolute atomic E-state index is 0.00758. The fraction of sp³-hybridized carbons (Fsp3) is 0.652. The van der Waals surface area contributed by atoms with Crippen molar-refractivity contribution < 1.29 is 37.1 Å². The summed E-state index contributed by atoms with van der Waals surface area (Å²) < 4.78 is 37.3. The molecule has 4 aliphatic rings. The third-order valence-electron chi connectivity index (χ3n) is 12.5. The lowest BCUT2D eigenvalue weighted by Crippen LogP contribution is -2.51. The summed E-state index contributed by atoms with van der Waals surface area (Å²) in [6, 6.07) is 8.42. The molecule has 0 radical (unpaired) electrons. The van der Waals surface area contributed by atoms with Gasteiger partial charge in [0.1, 0.15) is 5.75 Å². The molecule has 0 spiro atoms. The van der Waals surface area contributed by atoms with Crippen LogP contribution in [0.15, 0.2) is 41.3 Å². The number of carbonyl (C=O) groups excluding carboxylic acids is 4. The largest absolute Gasteiger partial charge is 0.471 e. The van der Waals surface area contributed by atoms with Crippen molar-refractivity contribution in [3.63, 3.8) is 0 Å². The zero-order valence-corrected chi connectivity index (χ0v) is 36.5. The normalized spacial score (nSPS) is 21.3. The lowest BCUT2D eigenvalue weighted by Gasteiger charge is -2.55. The third kappa shape index (κ3) is 12.5. The molecule has 12 heteroatoms. The molecule has 4 aliphatic carbocycles. The number of ether oxygens (including phenoxy) is 2. The maximum atomic E-state index is 14.1. The van der Waals surface area contributed by atoms with Crippen LogP contribution in [0.1, 0.15) is 160 Å². The second kappa shape index (κ2) is 21.7. The SMILES string of the molecule is CCCCCCCCCCCCCCCCOC(=O)c1ccc(Cl)c(NC(=O)C(Oc2ccc(S(=O)(=O)CC)cc2NC(=O)C23CC4CC(CC(C4)C2)C3)C(C)=O)c1. The molecule has 4 fully saturated rings. The number of unbranched alkanes of at least 4 members (excludes halogenated alkanes) is 13. The first-order valence-corrected chi connectivity index (χ1v) is 24.0. The number of hydrogen-bond donors (Lipinski definition) is 2. The van der Waals surface area contributed by atoms with E-state index in [0.717, 1.165) is 57.8 Å². The molecule has 10 nitrogen and oxygen atoms in total. The van der Waals surface area contributed by atoms with Crippen molar-refractivity contribution in [3.05, 3.63) is 47.0 Å². The van der Waals surface area contributed by atoms with Crippen molar-refractivity contribution >= 4 is 56.4 Å². The van der Waals surface area contributed by atoms with Gasteiger partial charge in [-0.3, -0.25) is 14.4 Å². The van der Waals surface area contributed by atoms with E-state index >= 15 is 0 Å².